The maximum atomic E-state index is 13.5. The molecule has 0 amide bonds. The van der Waals surface area contributed by atoms with Crippen LogP contribution in [-0.4, -0.2) is 23.8 Å². The Morgan fingerprint density at radius 2 is 2.20 bits per heavy atom. The molecule has 0 saturated carbocycles. The summed E-state index contributed by atoms with van der Waals surface area (Å²) in [5.41, 5.74) is 4.96. The largest absolute Gasteiger partial charge is 0.489 e. The van der Waals surface area contributed by atoms with Crippen molar-refractivity contribution in [1.82, 2.24) is 4.98 Å². The molecule has 1 N–H and O–H groups in total. The van der Waals surface area contributed by atoms with Gasteiger partial charge < -0.3 is 9.47 Å². The molecule has 1 heterocycles. The molecule has 2 aromatic carbocycles. The van der Waals surface area contributed by atoms with Crippen LogP contribution in [0.3, 0.4) is 0 Å². The number of ether oxygens (including phenoxy) is 2. The van der Waals surface area contributed by atoms with Crippen molar-refractivity contribution in [3.63, 3.8) is 0 Å². The summed E-state index contributed by atoms with van der Waals surface area (Å²) in [6.07, 6.45) is 1.76. The second-order valence-corrected chi connectivity index (χ2v) is 7.37. The molecule has 9 heteroatoms. The van der Waals surface area contributed by atoms with Gasteiger partial charge in [-0.1, -0.05) is 29.8 Å². The predicted octanol–water partition coefficient (Wildman–Crippen LogP) is 5.07. The smallest absolute Gasteiger partial charge is 0.311 e. The van der Waals surface area contributed by atoms with Crippen molar-refractivity contribution >= 4 is 40.3 Å². The van der Waals surface area contributed by atoms with E-state index < -0.39 is 5.82 Å². The van der Waals surface area contributed by atoms with Gasteiger partial charge in [0.25, 0.3) is 0 Å². The lowest BCUT2D eigenvalue weighted by molar-refractivity contribution is -0.142. The number of anilines is 1. The summed E-state index contributed by atoms with van der Waals surface area (Å²) in [7, 11) is 0. The highest BCUT2D eigenvalue weighted by Gasteiger charge is 2.08. The summed E-state index contributed by atoms with van der Waals surface area (Å²) in [5.74, 6) is -0.159. The first-order valence-corrected chi connectivity index (χ1v) is 10.3. The first-order chi connectivity index (χ1) is 14.5. The Balaban J connectivity index is 1.53. The van der Waals surface area contributed by atoms with Crippen LogP contribution >= 0.6 is 22.9 Å². The van der Waals surface area contributed by atoms with E-state index in [1.165, 1.54) is 23.5 Å². The average Bonchev–Trinajstić information content (AvgIpc) is 3.16. The first-order valence-electron chi connectivity index (χ1n) is 9.09. The van der Waals surface area contributed by atoms with E-state index in [4.69, 9.17) is 21.1 Å². The molecule has 0 bridgehead atoms. The number of nitrogens with one attached hydrogen (secondary N) is 1. The second-order valence-electron chi connectivity index (χ2n) is 6.11. The van der Waals surface area contributed by atoms with Gasteiger partial charge in [-0.15, -0.1) is 11.3 Å². The summed E-state index contributed by atoms with van der Waals surface area (Å²) >= 11 is 7.03. The number of thiazole rings is 1. The van der Waals surface area contributed by atoms with Gasteiger partial charge in [0.2, 0.25) is 5.13 Å². The standard InChI is InChI=1S/C21H19ClFN3O3S/c1-2-28-20(27)10-16-13-30-21(25-16)26-24-11-14-4-3-5-17(8-14)29-12-15-6-7-18(22)19(23)9-15/h3-9,11,13H,2,10,12H2,1H3,(H,25,26). The fourth-order valence-electron chi connectivity index (χ4n) is 2.44. The summed E-state index contributed by atoms with van der Waals surface area (Å²) in [6, 6.07) is 11.9. The Labute approximate surface area is 182 Å². The van der Waals surface area contributed by atoms with E-state index >= 15 is 0 Å². The molecule has 0 unspecified atom stereocenters. The van der Waals surface area contributed by atoms with Gasteiger partial charge in [0.05, 0.1) is 30.0 Å². The van der Waals surface area contributed by atoms with Crippen LogP contribution in [0.4, 0.5) is 9.52 Å². The minimum absolute atomic E-state index is 0.0812. The molecule has 30 heavy (non-hydrogen) atoms. The SMILES string of the molecule is CCOC(=O)Cc1csc(NN=Cc2cccc(OCc3ccc(Cl)c(F)c3)c2)n1. The van der Waals surface area contributed by atoms with Crippen LogP contribution in [0.25, 0.3) is 0 Å². The predicted molar refractivity (Wildman–Crippen MR) is 116 cm³/mol. The third kappa shape index (κ3) is 6.53. The van der Waals surface area contributed by atoms with Gasteiger partial charge in [0.15, 0.2) is 0 Å². The van der Waals surface area contributed by atoms with E-state index in [1.807, 2.05) is 18.2 Å². The summed E-state index contributed by atoms with van der Waals surface area (Å²) < 4.78 is 24.1. The zero-order chi connectivity index (χ0) is 21.3. The molecule has 0 saturated heterocycles. The molecule has 0 radical (unpaired) electrons. The second kappa shape index (κ2) is 10.7. The number of carbonyl (C=O) groups is 1. The number of esters is 1. The van der Waals surface area contributed by atoms with Crippen LogP contribution in [0.15, 0.2) is 52.9 Å². The Kier molecular flexibility index (Phi) is 7.75. The van der Waals surface area contributed by atoms with Gasteiger partial charge in [0, 0.05) is 5.38 Å². The molecule has 3 aromatic rings. The Morgan fingerprint density at radius 3 is 3.00 bits per heavy atom. The fraction of sp³-hybridized carbons (Fsp3) is 0.190. The van der Waals surface area contributed by atoms with Gasteiger partial charge in [0.1, 0.15) is 18.2 Å². The van der Waals surface area contributed by atoms with Crippen LogP contribution in [0.1, 0.15) is 23.7 Å². The number of hydrogen-bond donors (Lipinski definition) is 1. The third-order valence-corrected chi connectivity index (χ3v) is 4.91. The number of carbonyl (C=O) groups excluding carboxylic acids is 1. The first kappa shape index (κ1) is 21.7. The molecule has 156 valence electrons. The molecule has 3 rings (SSSR count). The Hall–Kier alpha value is -2.97. The number of rotatable bonds is 9. The highest BCUT2D eigenvalue weighted by molar-refractivity contribution is 7.13. The lowest BCUT2D eigenvalue weighted by Crippen LogP contribution is -2.07. The van der Waals surface area contributed by atoms with E-state index in [-0.39, 0.29) is 24.0 Å². The highest BCUT2D eigenvalue weighted by atomic mass is 35.5. The lowest BCUT2D eigenvalue weighted by Gasteiger charge is -2.07. The van der Waals surface area contributed by atoms with E-state index in [0.29, 0.717) is 28.7 Å². The van der Waals surface area contributed by atoms with Crippen molar-refractivity contribution < 1.29 is 18.7 Å². The van der Waals surface area contributed by atoms with Crippen molar-refractivity contribution in [2.75, 3.05) is 12.0 Å². The Morgan fingerprint density at radius 1 is 1.33 bits per heavy atom. The van der Waals surface area contributed by atoms with Crippen molar-refractivity contribution in [2.24, 2.45) is 5.10 Å². The van der Waals surface area contributed by atoms with Gasteiger partial charge in [-0.2, -0.15) is 5.10 Å². The summed E-state index contributed by atoms with van der Waals surface area (Å²) in [4.78, 5) is 15.8. The molecular formula is C21H19ClFN3O3S. The van der Waals surface area contributed by atoms with Crippen LogP contribution in [0.2, 0.25) is 5.02 Å². The number of hydrazone groups is 1. The maximum Gasteiger partial charge on any atom is 0.311 e. The van der Waals surface area contributed by atoms with Gasteiger partial charge in [-0.3, -0.25) is 10.2 Å². The molecule has 0 spiro atoms. The number of halogens is 2. The molecular weight excluding hydrogens is 429 g/mol. The average molecular weight is 448 g/mol. The number of hydrogen-bond acceptors (Lipinski definition) is 7. The molecule has 0 aliphatic carbocycles. The monoisotopic (exact) mass is 447 g/mol. The van der Waals surface area contributed by atoms with Gasteiger partial charge >= 0.3 is 5.97 Å². The van der Waals surface area contributed by atoms with E-state index in [1.54, 1.807) is 30.7 Å². The Bertz CT molecular complexity index is 1040. The minimum atomic E-state index is -0.475. The number of nitrogens with zero attached hydrogens (tertiary/aromatic N) is 2. The minimum Gasteiger partial charge on any atom is -0.489 e. The fourth-order valence-corrected chi connectivity index (χ4v) is 3.22. The quantitative estimate of drug-likeness (QED) is 0.282. The molecule has 0 fully saturated rings. The number of benzene rings is 2. The summed E-state index contributed by atoms with van der Waals surface area (Å²) in [6.45, 7) is 2.32. The van der Waals surface area contributed by atoms with Crippen molar-refractivity contribution in [3.05, 3.63) is 75.5 Å². The molecule has 1 aromatic heterocycles. The zero-order valence-electron chi connectivity index (χ0n) is 16.1. The summed E-state index contributed by atoms with van der Waals surface area (Å²) in [5, 5.41) is 6.59. The van der Waals surface area contributed by atoms with Gasteiger partial charge in [-0.05, 0) is 42.3 Å². The van der Waals surface area contributed by atoms with E-state index in [2.05, 4.69) is 15.5 Å². The lowest BCUT2D eigenvalue weighted by atomic mass is 10.2. The third-order valence-electron chi connectivity index (χ3n) is 3.80. The molecule has 0 aliphatic heterocycles. The zero-order valence-corrected chi connectivity index (χ0v) is 17.7. The maximum absolute atomic E-state index is 13.5. The van der Waals surface area contributed by atoms with Crippen molar-refractivity contribution in [2.45, 2.75) is 20.0 Å². The van der Waals surface area contributed by atoms with Crippen LogP contribution in [-0.2, 0) is 22.6 Å². The van der Waals surface area contributed by atoms with E-state index in [9.17, 15) is 9.18 Å². The molecule has 6 nitrogen and oxygen atoms in total. The van der Waals surface area contributed by atoms with Crippen LogP contribution < -0.4 is 10.2 Å². The molecule has 0 atom stereocenters. The van der Waals surface area contributed by atoms with E-state index in [0.717, 1.165) is 5.56 Å². The topological polar surface area (TPSA) is 72.8 Å². The molecule has 0 aliphatic rings. The highest BCUT2D eigenvalue weighted by Crippen LogP contribution is 2.19. The van der Waals surface area contributed by atoms with Crippen molar-refractivity contribution in [1.29, 1.82) is 0 Å². The normalized spacial score (nSPS) is 10.9. The van der Waals surface area contributed by atoms with Crippen molar-refractivity contribution in [3.8, 4) is 5.75 Å². The van der Waals surface area contributed by atoms with Crippen LogP contribution in [0.5, 0.6) is 5.75 Å². The van der Waals surface area contributed by atoms with Crippen LogP contribution in [0, 0.1) is 5.82 Å². The number of aromatic nitrogens is 1. The van der Waals surface area contributed by atoms with Gasteiger partial charge in [-0.25, -0.2) is 9.37 Å².